The molecule has 0 N–H and O–H groups in total. The van der Waals surface area contributed by atoms with E-state index in [1.165, 1.54) is 6.92 Å². The summed E-state index contributed by atoms with van der Waals surface area (Å²) in [5, 5.41) is 0. The highest BCUT2D eigenvalue weighted by Gasteiger charge is 2.60. The number of esters is 1. The lowest BCUT2D eigenvalue weighted by molar-refractivity contribution is -0.296. The summed E-state index contributed by atoms with van der Waals surface area (Å²) in [4.78, 5) is 10.9. The second kappa shape index (κ2) is 4.92. The van der Waals surface area contributed by atoms with E-state index in [1.54, 1.807) is 0 Å². The number of carbonyl (C=O) groups excluding carboxylic acids is 1. The molecule has 0 spiro atoms. The van der Waals surface area contributed by atoms with Crippen LogP contribution in [0.5, 0.6) is 0 Å². The topological polar surface area (TPSA) is 26.3 Å². The van der Waals surface area contributed by atoms with Gasteiger partial charge < -0.3 is 4.74 Å². The van der Waals surface area contributed by atoms with E-state index in [2.05, 4.69) is 4.74 Å². The van der Waals surface area contributed by atoms with E-state index in [1.807, 2.05) is 0 Å². The van der Waals surface area contributed by atoms with Crippen molar-refractivity contribution in [2.75, 3.05) is 6.61 Å². The van der Waals surface area contributed by atoms with Crippen molar-refractivity contribution in [2.24, 2.45) is 11.8 Å². The fourth-order valence-electron chi connectivity index (χ4n) is 1.16. The molecule has 0 heterocycles. The lowest BCUT2D eigenvalue weighted by Gasteiger charge is -2.26. The molecule has 0 aliphatic rings. The Morgan fingerprint density at radius 2 is 1.50 bits per heavy atom. The van der Waals surface area contributed by atoms with E-state index in [0.29, 0.717) is 6.92 Å². The van der Waals surface area contributed by atoms with Crippen LogP contribution in [0.2, 0.25) is 0 Å². The Morgan fingerprint density at radius 1 is 1.12 bits per heavy atom. The van der Waals surface area contributed by atoms with Gasteiger partial charge in [0.25, 0.3) is 0 Å². The first-order valence-electron chi connectivity index (χ1n) is 4.31. The summed E-state index contributed by atoms with van der Waals surface area (Å²) in [6, 6.07) is 0. The monoisotopic (exact) mass is 252 g/mol. The molecule has 2 nitrogen and oxygen atoms in total. The van der Waals surface area contributed by atoms with Gasteiger partial charge in [0.15, 0.2) is 5.92 Å². The van der Waals surface area contributed by atoms with Crippen LogP contribution in [0.3, 0.4) is 0 Å². The highest BCUT2D eigenvalue weighted by molar-refractivity contribution is 5.72. The van der Waals surface area contributed by atoms with E-state index in [0.717, 1.165) is 0 Å². The molecule has 0 bridgehead atoms. The number of hydrogen-bond acceptors (Lipinski definition) is 2. The lowest BCUT2D eigenvalue weighted by atomic mass is 9.93. The van der Waals surface area contributed by atoms with Gasteiger partial charge >= 0.3 is 18.3 Å². The van der Waals surface area contributed by atoms with Crippen LogP contribution >= 0.6 is 0 Å². The summed E-state index contributed by atoms with van der Waals surface area (Å²) >= 11 is 0. The van der Waals surface area contributed by atoms with Crippen molar-refractivity contribution < 1.29 is 35.9 Å². The van der Waals surface area contributed by atoms with Crippen LogP contribution in [0, 0.1) is 11.8 Å². The Kier molecular flexibility index (Phi) is 4.63. The van der Waals surface area contributed by atoms with Gasteiger partial charge in [-0.15, -0.1) is 0 Å². The van der Waals surface area contributed by atoms with E-state index < -0.39 is 30.2 Å². The highest BCUT2D eigenvalue weighted by atomic mass is 19.4. The Labute approximate surface area is 87.6 Å². The first-order valence-corrected chi connectivity index (χ1v) is 4.31. The highest BCUT2D eigenvalue weighted by Crippen LogP contribution is 2.44. The smallest absolute Gasteiger partial charge is 0.401 e. The minimum absolute atomic E-state index is 0.272. The van der Waals surface area contributed by atoms with Gasteiger partial charge in [0.05, 0.1) is 12.5 Å². The predicted molar refractivity (Wildman–Crippen MR) is 41.4 cm³/mol. The molecule has 16 heavy (non-hydrogen) atoms. The van der Waals surface area contributed by atoms with Crippen LogP contribution in [-0.2, 0) is 9.53 Å². The molecule has 0 saturated carbocycles. The van der Waals surface area contributed by atoms with Crippen molar-refractivity contribution in [3.8, 4) is 0 Å². The summed E-state index contributed by atoms with van der Waals surface area (Å²) in [6.45, 7) is 1.57. The zero-order chi connectivity index (χ0) is 13.1. The average Bonchev–Trinajstić information content (AvgIpc) is 1.98. The summed E-state index contributed by atoms with van der Waals surface area (Å²) in [5.74, 6) is -7.51. The second-order valence-electron chi connectivity index (χ2n) is 3.10. The molecule has 0 aromatic heterocycles. The fourth-order valence-corrected chi connectivity index (χ4v) is 1.16. The van der Waals surface area contributed by atoms with Gasteiger partial charge in [0, 0.05) is 0 Å². The molecule has 0 aromatic carbocycles. The minimum atomic E-state index is -5.52. The van der Waals surface area contributed by atoms with E-state index in [4.69, 9.17) is 0 Å². The second-order valence-corrected chi connectivity index (χ2v) is 3.10. The molecule has 1 unspecified atom stereocenters. The molecule has 0 saturated heterocycles. The van der Waals surface area contributed by atoms with Crippen molar-refractivity contribution in [1.29, 1.82) is 0 Å². The first-order chi connectivity index (χ1) is 7.01. The molecule has 0 radical (unpaired) electrons. The summed E-state index contributed by atoms with van der Waals surface area (Å²) < 4.78 is 77.0. The third-order valence-corrected chi connectivity index (χ3v) is 1.86. The molecule has 1 atom stereocenters. The lowest BCUT2D eigenvalue weighted by Crippen LogP contribution is -2.44. The van der Waals surface area contributed by atoms with Gasteiger partial charge in [0.2, 0.25) is 0 Å². The Balaban J connectivity index is 5.00. The van der Waals surface area contributed by atoms with Crippen LogP contribution in [0.4, 0.5) is 26.3 Å². The molecule has 0 rings (SSSR count). The molecule has 8 heteroatoms. The predicted octanol–water partition coefficient (Wildman–Crippen LogP) is 2.93. The standard InChI is InChI=1S/C8H10F6O2/c1-3-16-6(15)4(2)5(7(9,10)11)8(12,13)14/h4-5H,3H2,1-2H3. The Bertz CT molecular complexity index is 230. The van der Waals surface area contributed by atoms with Crippen molar-refractivity contribution >= 4 is 5.97 Å². The molecular weight excluding hydrogens is 242 g/mol. The number of hydrogen-bond donors (Lipinski definition) is 0. The quantitative estimate of drug-likeness (QED) is 0.570. The minimum Gasteiger partial charge on any atom is -0.466 e. The molecule has 0 aromatic rings. The van der Waals surface area contributed by atoms with Crippen LogP contribution in [0.1, 0.15) is 13.8 Å². The van der Waals surface area contributed by atoms with E-state index >= 15 is 0 Å². The van der Waals surface area contributed by atoms with Crippen LogP contribution in [0.25, 0.3) is 0 Å². The maximum Gasteiger partial charge on any atom is 0.401 e. The summed E-state index contributed by atoms with van der Waals surface area (Å²) in [6.07, 6.45) is -11.0. The average molecular weight is 252 g/mol. The molecule has 96 valence electrons. The third kappa shape index (κ3) is 3.90. The van der Waals surface area contributed by atoms with Gasteiger partial charge in [-0.05, 0) is 6.92 Å². The van der Waals surface area contributed by atoms with Crippen LogP contribution < -0.4 is 0 Å². The van der Waals surface area contributed by atoms with Crippen molar-refractivity contribution in [2.45, 2.75) is 26.2 Å². The molecule has 0 fully saturated rings. The number of ether oxygens (including phenoxy) is 1. The molecular formula is C8H10F6O2. The van der Waals surface area contributed by atoms with E-state index in [9.17, 15) is 31.1 Å². The third-order valence-electron chi connectivity index (χ3n) is 1.86. The van der Waals surface area contributed by atoms with Gasteiger partial charge in [-0.3, -0.25) is 4.79 Å². The largest absolute Gasteiger partial charge is 0.466 e. The van der Waals surface area contributed by atoms with E-state index in [-0.39, 0.29) is 6.61 Å². The summed E-state index contributed by atoms with van der Waals surface area (Å²) in [5.41, 5.74) is 0. The van der Waals surface area contributed by atoms with Crippen LogP contribution in [-0.4, -0.2) is 24.9 Å². The molecule has 0 aliphatic carbocycles. The normalized spacial score (nSPS) is 15.1. The van der Waals surface area contributed by atoms with Gasteiger partial charge in [-0.2, -0.15) is 26.3 Å². The number of carbonyl (C=O) groups is 1. The first kappa shape index (κ1) is 15.0. The fraction of sp³-hybridized carbons (Fsp3) is 0.875. The van der Waals surface area contributed by atoms with Crippen molar-refractivity contribution in [3.63, 3.8) is 0 Å². The number of rotatable bonds is 3. The van der Waals surface area contributed by atoms with Gasteiger partial charge in [-0.25, -0.2) is 0 Å². The van der Waals surface area contributed by atoms with Crippen LogP contribution in [0.15, 0.2) is 0 Å². The zero-order valence-electron chi connectivity index (χ0n) is 8.45. The summed E-state index contributed by atoms with van der Waals surface area (Å²) in [7, 11) is 0. The van der Waals surface area contributed by atoms with Crippen molar-refractivity contribution in [1.82, 2.24) is 0 Å². The number of halogens is 6. The maximum atomic E-state index is 12.1. The number of alkyl halides is 6. The van der Waals surface area contributed by atoms with Gasteiger partial charge in [0.1, 0.15) is 0 Å². The zero-order valence-corrected chi connectivity index (χ0v) is 8.45. The van der Waals surface area contributed by atoms with Crippen molar-refractivity contribution in [3.05, 3.63) is 0 Å². The SMILES string of the molecule is CCOC(=O)C(C)C(C(F)(F)F)C(F)(F)F. The molecule has 0 amide bonds. The van der Waals surface area contributed by atoms with Gasteiger partial charge in [-0.1, -0.05) is 6.92 Å². The molecule has 0 aliphatic heterocycles. The maximum absolute atomic E-state index is 12.1. The Hall–Kier alpha value is -0.950. The Morgan fingerprint density at radius 3 is 1.75 bits per heavy atom.